The first kappa shape index (κ1) is 18.1. The molecular weight excluding hydrogens is 312 g/mol. The summed E-state index contributed by atoms with van der Waals surface area (Å²) >= 11 is 0. The van der Waals surface area contributed by atoms with Gasteiger partial charge in [0.15, 0.2) is 11.5 Å². The van der Waals surface area contributed by atoms with Crippen molar-refractivity contribution < 1.29 is 24.2 Å². The molecule has 1 aromatic rings. The molecule has 1 aliphatic heterocycles. The van der Waals surface area contributed by atoms with Crippen molar-refractivity contribution >= 4 is 17.6 Å². The summed E-state index contributed by atoms with van der Waals surface area (Å²) in [5, 5.41) is 11.9. The van der Waals surface area contributed by atoms with Crippen LogP contribution in [0.15, 0.2) is 18.2 Å². The van der Waals surface area contributed by atoms with Crippen molar-refractivity contribution in [2.24, 2.45) is 0 Å². The Morgan fingerprint density at radius 3 is 2.62 bits per heavy atom. The van der Waals surface area contributed by atoms with Gasteiger partial charge in [-0.05, 0) is 45.4 Å². The van der Waals surface area contributed by atoms with E-state index in [2.05, 4.69) is 5.32 Å². The minimum atomic E-state index is -0.875. The molecule has 1 aromatic carbocycles. The lowest BCUT2D eigenvalue weighted by Crippen LogP contribution is -2.40. The van der Waals surface area contributed by atoms with Crippen LogP contribution in [0.1, 0.15) is 26.7 Å². The fourth-order valence-electron chi connectivity index (χ4n) is 2.81. The number of ether oxygens (including phenoxy) is 2. The summed E-state index contributed by atoms with van der Waals surface area (Å²) in [7, 11) is 0. The molecule has 1 aliphatic rings. The van der Waals surface area contributed by atoms with Gasteiger partial charge in [0.25, 0.3) is 0 Å². The molecule has 1 fully saturated rings. The molecule has 0 aromatic heterocycles. The number of hydrogen-bond donors (Lipinski definition) is 2. The molecule has 1 amide bonds. The van der Waals surface area contributed by atoms with Crippen molar-refractivity contribution in [3.8, 4) is 11.5 Å². The van der Waals surface area contributed by atoms with Crippen molar-refractivity contribution in [1.29, 1.82) is 0 Å². The summed E-state index contributed by atoms with van der Waals surface area (Å²) in [4.78, 5) is 25.1. The van der Waals surface area contributed by atoms with Crippen LogP contribution in [0, 0.1) is 0 Å². The lowest BCUT2D eigenvalue weighted by atomic mass is 10.2. The van der Waals surface area contributed by atoms with E-state index < -0.39 is 12.0 Å². The average Bonchev–Trinajstić information content (AvgIpc) is 2.98. The zero-order valence-electron chi connectivity index (χ0n) is 14.1. The largest absolute Gasteiger partial charge is 0.490 e. The molecule has 132 valence electrons. The van der Waals surface area contributed by atoms with Gasteiger partial charge in [0, 0.05) is 11.8 Å². The number of nitrogens with zero attached hydrogens (tertiary/aromatic N) is 1. The third-order valence-electron chi connectivity index (χ3n) is 3.82. The smallest absolute Gasteiger partial charge is 0.320 e. The minimum Gasteiger partial charge on any atom is -0.490 e. The first-order valence-electron chi connectivity index (χ1n) is 8.21. The Labute approximate surface area is 141 Å². The van der Waals surface area contributed by atoms with Gasteiger partial charge in [-0.3, -0.25) is 14.5 Å². The molecule has 24 heavy (non-hydrogen) atoms. The van der Waals surface area contributed by atoms with Crippen molar-refractivity contribution in [3.63, 3.8) is 0 Å². The van der Waals surface area contributed by atoms with Crippen molar-refractivity contribution in [1.82, 2.24) is 4.90 Å². The average molecular weight is 336 g/mol. The molecule has 7 nitrogen and oxygen atoms in total. The highest BCUT2D eigenvalue weighted by atomic mass is 16.5. The van der Waals surface area contributed by atoms with Gasteiger partial charge >= 0.3 is 5.97 Å². The predicted molar refractivity (Wildman–Crippen MR) is 89.6 cm³/mol. The van der Waals surface area contributed by atoms with Crippen LogP contribution in [0.4, 0.5) is 5.69 Å². The molecule has 1 atom stereocenters. The number of carboxylic acid groups (broad SMARTS) is 1. The highest BCUT2D eigenvalue weighted by Crippen LogP contribution is 2.30. The monoisotopic (exact) mass is 336 g/mol. The number of carbonyl (C=O) groups is 2. The second-order valence-electron chi connectivity index (χ2n) is 5.54. The Kier molecular flexibility index (Phi) is 6.43. The molecule has 0 radical (unpaired) electrons. The number of amides is 1. The normalized spacial score (nSPS) is 17.5. The maximum absolute atomic E-state index is 12.2. The van der Waals surface area contributed by atoms with Gasteiger partial charge < -0.3 is 19.9 Å². The van der Waals surface area contributed by atoms with Crippen LogP contribution in [-0.4, -0.2) is 54.2 Å². The van der Waals surface area contributed by atoms with E-state index in [-0.39, 0.29) is 12.5 Å². The summed E-state index contributed by atoms with van der Waals surface area (Å²) < 4.78 is 11.0. The van der Waals surface area contributed by atoms with Crippen LogP contribution < -0.4 is 14.8 Å². The predicted octanol–water partition coefficient (Wildman–Crippen LogP) is 1.97. The van der Waals surface area contributed by atoms with E-state index in [1.807, 2.05) is 13.8 Å². The zero-order chi connectivity index (χ0) is 17.5. The Morgan fingerprint density at radius 2 is 1.96 bits per heavy atom. The highest BCUT2D eigenvalue weighted by Gasteiger charge is 2.31. The van der Waals surface area contributed by atoms with Crippen LogP contribution in [0.5, 0.6) is 11.5 Å². The van der Waals surface area contributed by atoms with Gasteiger partial charge in [0.1, 0.15) is 6.04 Å². The van der Waals surface area contributed by atoms with Gasteiger partial charge in [-0.1, -0.05) is 0 Å². The van der Waals surface area contributed by atoms with Crippen molar-refractivity contribution in [3.05, 3.63) is 18.2 Å². The molecule has 0 spiro atoms. The summed E-state index contributed by atoms with van der Waals surface area (Å²) in [5.41, 5.74) is 0.595. The maximum atomic E-state index is 12.2. The molecule has 0 aliphatic carbocycles. The van der Waals surface area contributed by atoms with Crippen LogP contribution >= 0.6 is 0 Å². The van der Waals surface area contributed by atoms with Crippen molar-refractivity contribution in [2.45, 2.75) is 32.7 Å². The van der Waals surface area contributed by atoms with Gasteiger partial charge in [-0.25, -0.2) is 0 Å². The van der Waals surface area contributed by atoms with E-state index in [1.54, 1.807) is 23.1 Å². The summed E-state index contributed by atoms with van der Waals surface area (Å²) in [5.74, 6) is 0.0827. The zero-order valence-corrected chi connectivity index (χ0v) is 14.1. The van der Waals surface area contributed by atoms with E-state index in [0.717, 1.165) is 6.42 Å². The fraction of sp³-hybridized carbons (Fsp3) is 0.529. The topological polar surface area (TPSA) is 88.1 Å². The maximum Gasteiger partial charge on any atom is 0.320 e. The molecule has 2 rings (SSSR count). The number of benzene rings is 1. The number of carbonyl (C=O) groups excluding carboxylic acids is 1. The second kappa shape index (κ2) is 8.54. The Balaban J connectivity index is 2.00. The molecule has 0 bridgehead atoms. The Morgan fingerprint density at radius 1 is 1.25 bits per heavy atom. The highest BCUT2D eigenvalue weighted by molar-refractivity contribution is 5.93. The molecule has 0 saturated carbocycles. The number of rotatable bonds is 8. The Hall–Kier alpha value is -2.28. The third kappa shape index (κ3) is 4.61. The van der Waals surface area contributed by atoms with Gasteiger partial charge in [0.05, 0.1) is 19.8 Å². The Bertz CT molecular complexity index is 590. The first-order chi connectivity index (χ1) is 11.5. The number of likely N-dealkylation sites (tertiary alicyclic amines) is 1. The molecule has 0 unspecified atom stereocenters. The van der Waals surface area contributed by atoms with Crippen molar-refractivity contribution in [2.75, 3.05) is 31.6 Å². The third-order valence-corrected chi connectivity index (χ3v) is 3.82. The van der Waals surface area contributed by atoms with Gasteiger partial charge in [-0.15, -0.1) is 0 Å². The number of hydrogen-bond acceptors (Lipinski definition) is 5. The van der Waals surface area contributed by atoms with E-state index in [9.17, 15) is 9.59 Å². The lowest BCUT2D eigenvalue weighted by Gasteiger charge is -2.20. The SMILES string of the molecule is CCOc1ccc(NC(=O)CN2CCC[C@H]2C(=O)O)cc1OCC. The summed E-state index contributed by atoms with van der Waals surface area (Å²) in [6.07, 6.45) is 1.38. The number of carboxylic acids is 1. The quantitative estimate of drug-likeness (QED) is 0.755. The first-order valence-corrected chi connectivity index (χ1v) is 8.21. The number of anilines is 1. The molecular formula is C17H24N2O5. The molecule has 2 N–H and O–H groups in total. The van der Waals surface area contributed by atoms with Gasteiger partial charge in [0.2, 0.25) is 5.91 Å². The van der Waals surface area contributed by atoms with E-state index in [0.29, 0.717) is 43.4 Å². The van der Waals surface area contributed by atoms with E-state index >= 15 is 0 Å². The van der Waals surface area contributed by atoms with Gasteiger partial charge in [-0.2, -0.15) is 0 Å². The summed E-state index contributed by atoms with van der Waals surface area (Å²) in [6, 6.07) is 4.63. The molecule has 7 heteroatoms. The number of nitrogens with one attached hydrogen (secondary N) is 1. The second-order valence-corrected chi connectivity index (χ2v) is 5.54. The molecule has 1 heterocycles. The fourth-order valence-corrected chi connectivity index (χ4v) is 2.81. The number of aliphatic carboxylic acids is 1. The van der Waals surface area contributed by atoms with Crippen LogP contribution in [-0.2, 0) is 9.59 Å². The van der Waals surface area contributed by atoms with E-state index in [1.165, 1.54) is 0 Å². The van der Waals surface area contributed by atoms with Crippen LogP contribution in [0.25, 0.3) is 0 Å². The van der Waals surface area contributed by atoms with Crippen LogP contribution in [0.2, 0.25) is 0 Å². The standard InChI is InChI=1S/C17H24N2O5/c1-3-23-14-8-7-12(10-15(14)24-4-2)18-16(20)11-19-9-5-6-13(19)17(21)22/h7-8,10,13H,3-6,9,11H2,1-2H3,(H,18,20)(H,21,22)/t13-/m0/s1. The summed E-state index contributed by atoms with van der Waals surface area (Å²) in [6.45, 7) is 5.47. The van der Waals surface area contributed by atoms with Crippen LogP contribution in [0.3, 0.4) is 0 Å². The molecule has 1 saturated heterocycles. The lowest BCUT2D eigenvalue weighted by molar-refractivity contribution is -0.142. The minimum absolute atomic E-state index is 0.0636. The van der Waals surface area contributed by atoms with E-state index in [4.69, 9.17) is 14.6 Å².